The molecule has 94 valence electrons. The first kappa shape index (κ1) is 11.9. The number of hydrogen-bond acceptors (Lipinski definition) is 2. The van der Waals surface area contributed by atoms with E-state index in [0.29, 0.717) is 0 Å². The fraction of sp³-hybridized carbons (Fsp3) is 0.118. The molecule has 0 saturated carbocycles. The molecule has 1 heterocycles. The van der Waals surface area contributed by atoms with Crippen LogP contribution in [0.3, 0.4) is 0 Å². The smallest absolute Gasteiger partial charge is 0.0708 e. The number of nitrogens with zero attached hydrogens (tertiary/aromatic N) is 1. The molecule has 0 aliphatic carbocycles. The molecule has 3 aromatic rings. The van der Waals surface area contributed by atoms with Crippen LogP contribution in [0.4, 0.5) is 0 Å². The summed E-state index contributed by atoms with van der Waals surface area (Å²) >= 11 is 0. The molecule has 0 amide bonds. The lowest BCUT2D eigenvalue weighted by Crippen LogP contribution is -2.06. The molecule has 0 unspecified atom stereocenters. The van der Waals surface area contributed by atoms with E-state index in [4.69, 9.17) is 0 Å². The number of rotatable bonds is 3. The van der Waals surface area contributed by atoms with Gasteiger partial charge in [-0.25, -0.2) is 0 Å². The molecule has 19 heavy (non-hydrogen) atoms. The van der Waals surface area contributed by atoms with Crippen LogP contribution in [0.1, 0.15) is 5.56 Å². The van der Waals surface area contributed by atoms with Crippen LogP contribution in [0.5, 0.6) is 0 Å². The summed E-state index contributed by atoms with van der Waals surface area (Å²) in [4.78, 5) is 4.43. The van der Waals surface area contributed by atoms with Gasteiger partial charge in [0.25, 0.3) is 0 Å². The van der Waals surface area contributed by atoms with Crippen LogP contribution in [0, 0.1) is 0 Å². The van der Waals surface area contributed by atoms with Crippen molar-refractivity contribution in [2.75, 3.05) is 7.05 Å². The SMILES string of the molecule is CNCc1ccccc1-c1ccc2cccnc2c1. The molecule has 0 bridgehead atoms. The average molecular weight is 248 g/mol. The number of benzene rings is 2. The van der Waals surface area contributed by atoms with Gasteiger partial charge >= 0.3 is 0 Å². The van der Waals surface area contributed by atoms with Crippen LogP contribution in [-0.4, -0.2) is 12.0 Å². The second-order valence-electron chi connectivity index (χ2n) is 4.60. The summed E-state index contributed by atoms with van der Waals surface area (Å²) < 4.78 is 0. The van der Waals surface area contributed by atoms with Crippen molar-refractivity contribution in [3.63, 3.8) is 0 Å². The van der Waals surface area contributed by atoms with Crippen molar-refractivity contribution in [2.45, 2.75) is 6.54 Å². The molecular weight excluding hydrogens is 232 g/mol. The molecule has 0 saturated heterocycles. The number of aromatic nitrogens is 1. The Hall–Kier alpha value is -2.19. The number of nitrogens with one attached hydrogen (secondary N) is 1. The van der Waals surface area contributed by atoms with Crippen molar-refractivity contribution in [3.05, 3.63) is 66.4 Å². The lowest BCUT2D eigenvalue weighted by Gasteiger charge is -2.10. The molecule has 0 spiro atoms. The predicted octanol–water partition coefficient (Wildman–Crippen LogP) is 3.62. The average Bonchev–Trinajstić information content (AvgIpc) is 2.48. The molecular formula is C17H16N2. The standard InChI is InChI=1S/C17H16N2/c1-18-12-15-5-2-3-7-16(15)14-9-8-13-6-4-10-19-17(13)11-14/h2-11,18H,12H2,1H3. The minimum Gasteiger partial charge on any atom is -0.316 e. The van der Waals surface area contributed by atoms with E-state index in [-0.39, 0.29) is 0 Å². The van der Waals surface area contributed by atoms with E-state index in [1.807, 2.05) is 19.3 Å². The van der Waals surface area contributed by atoms with Crippen molar-refractivity contribution < 1.29 is 0 Å². The lowest BCUT2D eigenvalue weighted by atomic mass is 9.98. The number of fused-ring (bicyclic) bond motifs is 1. The number of pyridine rings is 1. The second kappa shape index (κ2) is 5.21. The van der Waals surface area contributed by atoms with Crippen LogP contribution in [0.15, 0.2) is 60.8 Å². The Morgan fingerprint density at radius 2 is 1.89 bits per heavy atom. The molecule has 0 aliphatic heterocycles. The molecule has 0 radical (unpaired) electrons. The van der Waals surface area contributed by atoms with E-state index in [2.05, 4.69) is 58.8 Å². The third kappa shape index (κ3) is 2.35. The summed E-state index contributed by atoms with van der Waals surface area (Å²) in [5, 5.41) is 4.39. The fourth-order valence-corrected chi connectivity index (χ4v) is 2.38. The van der Waals surface area contributed by atoms with E-state index in [0.717, 1.165) is 12.1 Å². The van der Waals surface area contributed by atoms with Crippen molar-refractivity contribution in [1.82, 2.24) is 10.3 Å². The van der Waals surface area contributed by atoms with Gasteiger partial charge in [-0.3, -0.25) is 4.98 Å². The first-order valence-electron chi connectivity index (χ1n) is 6.46. The Bertz CT molecular complexity index is 704. The quantitative estimate of drug-likeness (QED) is 0.765. The molecule has 0 aliphatic rings. The van der Waals surface area contributed by atoms with Gasteiger partial charge in [-0.1, -0.05) is 42.5 Å². The number of hydrogen-bond donors (Lipinski definition) is 1. The molecule has 0 atom stereocenters. The van der Waals surface area contributed by atoms with Crippen LogP contribution in [0.25, 0.3) is 22.0 Å². The topological polar surface area (TPSA) is 24.9 Å². The maximum atomic E-state index is 4.43. The van der Waals surface area contributed by atoms with E-state index < -0.39 is 0 Å². The normalized spacial score (nSPS) is 10.8. The molecule has 3 rings (SSSR count). The van der Waals surface area contributed by atoms with E-state index in [1.54, 1.807) is 0 Å². The molecule has 2 nitrogen and oxygen atoms in total. The zero-order valence-corrected chi connectivity index (χ0v) is 10.9. The summed E-state index contributed by atoms with van der Waals surface area (Å²) in [7, 11) is 1.97. The monoisotopic (exact) mass is 248 g/mol. The van der Waals surface area contributed by atoms with Crippen LogP contribution >= 0.6 is 0 Å². The molecule has 1 N–H and O–H groups in total. The summed E-state index contributed by atoms with van der Waals surface area (Å²) in [5.41, 5.74) is 4.83. The Balaban J connectivity index is 2.13. The predicted molar refractivity (Wildman–Crippen MR) is 79.9 cm³/mol. The summed E-state index contributed by atoms with van der Waals surface area (Å²) in [6.07, 6.45) is 1.84. The Morgan fingerprint density at radius 3 is 2.79 bits per heavy atom. The Labute approximate surface area is 113 Å². The van der Waals surface area contributed by atoms with Gasteiger partial charge in [-0.15, -0.1) is 0 Å². The largest absolute Gasteiger partial charge is 0.316 e. The second-order valence-corrected chi connectivity index (χ2v) is 4.60. The molecule has 0 fully saturated rings. The maximum Gasteiger partial charge on any atom is 0.0708 e. The first-order chi connectivity index (χ1) is 9.38. The summed E-state index contributed by atoms with van der Waals surface area (Å²) in [5.74, 6) is 0. The van der Waals surface area contributed by atoms with Gasteiger partial charge in [0, 0.05) is 18.1 Å². The zero-order chi connectivity index (χ0) is 13.1. The highest BCUT2D eigenvalue weighted by Gasteiger charge is 2.04. The van der Waals surface area contributed by atoms with Gasteiger partial charge in [0.05, 0.1) is 5.52 Å². The van der Waals surface area contributed by atoms with Gasteiger partial charge in [0.15, 0.2) is 0 Å². The van der Waals surface area contributed by atoms with Crippen LogP contribution < -0.4 is 5.32 Å². The highest BCUT2D eigenvalue weighted by molar-refractivity contribution is 5.84. The minimum absolute atomic E-state index is 0.871. The molecule has 2 heteroatoms. The van der Waals surface area contributed by atoms with Gasteiger partial charge < -0.3 is 5.32 Å². The lowest BCUT2D eigenvalue weighted by molar-refractivity contribution is 0.819. The van der Waals surface area contributed by atoms with Crippen molar-refractivity contribution in [2.24, 2.45) is 0 Å². The van der Waals surface area contributed by atoms with Crippen molar-refractivity contribution in [1.29, 1.82) is 0 Å². The first-order valence-corrected chi connectivity index (χ1v) is 6.46. The maximum absolute atomic E-state index is 4.43. The molecule has 2 aromatic carbocycles. The third-order valence-corrected chi connectivity index (χ3v) is 3.30. The molecule has 1 aromatic heterocycles. The van der Waals surface area contributed by atoms with Crippen LogP contribution in [0.2, 0.25) is 0 Å². The third-order valence-electron chi connectivity index (χ3n) is 3.30. The Morgan fingerprint density at radius 1 is 1.00 bits per heavy atom. The van der Waals surface area contributed by atoms with Crippen molar-refractivity contribution in [3.8, 4) is 11.1 Å². The Kier molecular flexibility index (Phi) is 3.25. The van der Waals surface area contributed by atoms with E-state index in [9.17, 15) is 0 Å². The fourth-order valence-electron chi connectivity index (χ4n) is 2.38. The summed E-state index contributed by atoms with van der Waals surface area (Å²) in [6, 6.07) is 19.0. The zero-order valence-electron chi connectivity index (χ0n) is 10.9. The van der Waals surface area contributed by atoms with Gasteiger partial charge in [-0.05, 0) is 35.9 Å². The van der Waals surface area contributed by atoms with Gasteiger partial charge in [-0.2, -0.15) is 0 Å². The highest BCUT2D eigenvalue weighted by atomic mass is 14.8. The van der Waals surface area contributed by atoms with Crippen molar-refractivity contribution >= 4 is 10.9 Å². The van der Waals surface area contributed by atoms with Gasteiger partial charge in [0.1, 0.15) is 0 Å². The van der Waals surface area contributed by atoms with Gasteiger partial charge in [0.2, 0.25) is 0 Å². The van der Waals surface area contributed by atoms with E-state index >= 15 is 0 Å². The van der Waals surface area contributed by atoms with Crippen LogP contribution in [-0.2, 0) is 6.54 Å². The van der Waals surface area contributed by atoms with E-state index in [1.165, 1.54) is 22.1 Å². The minimum atomic E-state index is 0.871. The summed E-state index contributed by atoms with van der Waals surface area (Å²) in [6.45, 7) is 0.871. The highest BCUT2D eigenvalue weighted by Crippen LogP contribution is 2.26.